The predicted molar refractivity (Wildman–Crippen MR) is 84.0 cm³/mol. The van der Waals surface area contributed by atoms with Gasteiger partial charge in [0.15, 0.2) is 0 Å². The van der Waals surface area contributed by atoms with Crippen LogP contribution in [-0.4, -0.2) is 9.55 Å². The van der Waals surface area contributed by atoms with Gasteiger partial charge in [-0.3, -0.25) is 4.98 Å². The summed E-state index contributed by atoms with van der Waals surface area (Å²) >= 11 is 0. The zero-order valence-corrected chi connectivity index (χ0v) is 12.0. The minimum absolute atomic E-state index is 0.673. The average Bonchev–Trinajstić information content (AvgIpc) is 2.81. The molecule has 0 amide bonds. The number of hydrogen-bond acceptors (Lipinski definition) is 1. The minimum Gasteiger partial charge on any atom is -0.342 e. The molecule has 0 N–H and O–H groups in total. The van der Waals surface area contributed by atoms with Crippen molar-refractivity contribution in [2.24, 2.45) is 7.05 Å². The highest BCUT2D eigenvalue weighted by molar-refractivity contribution is 6.07. The molecular weight excluding hydrogens is 244 g/mol. The van der Waals surface area contributed by atoms with Gasteiger partial charge in [-0.05, 0) is 25.0 Å². The standard InChI is InChI=1S/C18H20N2/c1-20-17-10-6-5-9-14(17)15-11-16(19-12-18(15)20)13-7-3-2-4-8-13/h5-6,9-13H,2-4,7-8H2,1H3. The lowest BCUT2D eigenvalue weighted by Gasteiger charge is -2.21. The molecule has 2 nitrogen and oxygen atoms in total. The second-order valence-electron chi connectivity index (χ2n) is 6.04. The van der Waals surface area contributed by atoms with Gasteiger partial charge in [0.1, 0.15) is 0 Å². The van der Waals surface area contributed by atoms with E-state index in [4.69, 9.17) is 4.98 Å². The Morgan fingerprint density at radius 3 is 2.65 bits per heavy atom. The average molecular weight is 264 g/mol. The van der Waals surface area contributed by atoms with E-state index in [0.717, 1.165) is 0 Å². The van der Waals surface area contributed by atoms with Gasteiger partial charge in [-0.2, -0.15) is 0 Å². The van der Waals surface area contributed by atoms with Crippen LogP contribution in [0.3, 0.4) is 0 Å². The molecule has 2 heterocycles. The van der Waals surface area contributed by atoms with Crippen LogP contribution in [0.1, 0.15) is 43.7 Å². The molecule has 0 radical (unpaired) electrons. The van der Waals surface area contributed by atoms with E-state index in [2.05, 4.69) is 48.1 Å². The molecule has 1 fully saturated rings. The van der Waals surface area contributed by atoms with Crippen LogP contribution >= 0.6 is 0 Å². The second-order valence-corrected chi connectivity index (χ2v) is 6.04. The van der Waals surface area contributed by atoms with E-state index in [-0.39, 0.29) is 0 Å². The summed E-state index contributed by atoms with van der Waals surface area (Å²) in [6, 6.07) is 11.0. The molecule has 1 aromatic carbocycles. The van der Waals surface area contributed by atoms with Gasteiger partial charge in [0.2, 0.25) is 0 Å². The fourth-order valence-corrected chi connectivity index (χ4v) is 3.69. The summed E-state index contributed by atoms with van der Waals surface area (Å²) in [5.74, 6) is 0.673. The van der Waals surface area contributed by atoms with E-state index < -0.39 is 0 Å². The first-order chi connectivity index (χ1) is 9.84. The molecule has 1 aliphatic carbocycles. The molecule has 20 heavy (non-hydrogen) atoms. The highest BCUT2D eigenvalue weighted by Gasteiger charge is 2.18. The molecule has 0 saturated heterocycles. The van der Waals surface area contributed by atoms with Crippen LogP contribution in [0.2, 0.25) is 0 Å². The molecule has 1 saturated carbocycles. The van der Waals surface area contributed by atoms with Crippen molar-refractivity contribution in [3.63, 3.8) is 0 Å². The third-order valence-electron chi connectivity index (χ3n) is 4.84. The van der Waals surface area contributed by atoms with Crippen LogP contribution in [0.4, 0.5) is 0 Å². The number of rotatable bonds is 1. The molecule has 0 bridgehead atoms. The van der Waals surface area contributed by atoms with Crippen LogP contribution < -0.4 is 0 Å². The second kappa shape index (κ2) is 4.62. The molecule has 4 rings (SSSR count). The van der Waals surface area contributed by atoms with Crippen molar-refractivity contribution in [1.82, 2.24) is 9.55 Å². The predicted octanol–water partition coefficient (Wildman–Crippen LogP) is 4.77. The van der Waals surface area contributed by atoms with Gasteiger partial charge in [0.05, 0.1) is 11.7 Å². The maximum absolute atomic E-state index is 4.77. The first-order valence-corrected chi connectivity index (χ1v) is 7.67. The Kier molecular flexibility index (Phi) is 2.76. The molecule has 0 aliphatic heterocycles. The smallest absolute Gasteiger partial charge is 0.0675 e. The van der Waals surface area contributed by atoms with Crippen LogP contribution in [0.5, 0.6) is 0 Å². The summed E-state index contributed by atoms with van der Waals surface area (Å²) < 4.78 is 2.25. The van der Waals surface area contributed by atoms with Crippen LogP contribution in [-0.2, 0) is 7.05 Å². The van der Waals surface area contributed by atoms with Crippen molar-refractivity contribution in [3.05, 3.63) is 42.2 Å². The van der Waals surface area contributed by atoms with Gasteiger partial charge in [-0.15, -0.1) is 0 Å². The Bertz CT molecular complexity index is 764. The third-order valence-corrected chi connectivity index (χ3v) is 4.84. The van der Waals surface area contributed by atoms with E-state index in [1.165, 1.54) is 59.6 Å². The SMILES string of the molecule is Cn1c2ccccc2c2cc(C3CCCCC3)ncc21. The molecule has 0 atom stereocenters. The van der Waals surface area contributed by atoms with Gasteiger partial charge < -0.3 is 4.57 Å². The number of fused-ring (bicyclic) bond motifs is 3. The summed E-state index contributed by atoms with van der Waals surface area (Å²) in [7, 11) is 2.13. The zero-order valence-electron chi connectivity index (χ0n) is 12.0. The summed E-state index contributed by atoms with van der Waals surface area (Å²) in [6.07, 6.45) is 8.80. The number of nitrogens with zero attached hydrogens (tertiary/aromatic N) is 2. The highest BCUT2D eigenvalue weighted by atomic mass is 14.9. The number of aryl methyl sites for hydroxylation is 1. The molecule has 3 aromatic rings. The maximum atomic E-state index is 4.77. The Hall–Kier alpha value is -1.83. The number of para-hydroxylation sites is 1. The van der Waals surface area contributed by atoms with Gasteiger partial charge in [0.25, 0.3) is 0 Å². The van der Waals surface area contributed by atoms with Gasteiger partial charge in [-0.25, -0.2) is 0 Å². The quantitative estimate of drug-likeness (QED) is 0.619. The lowest BCUT2D eigenvalue weighted by atomic mass is 9.86. The first kappa shape index (κ1) is 12.0. The molecule has 0 unspecified atom stereocenters. The zero-order chi connectivity index (χ0) is 13.5. The third kappa shape index (κ3) is 1.75. The van der Waals surface area contributed by atoms with E-state index in [1.807, 2.05) is 0 Å². The molecule has 2 aromatic heterocycles. The van der Waals surface area contributed by atoms with Crippen molar-refractivity contribution >= 4 is 21.8 Å². The Balaban J connectivity index is 1.92. The first-order valence-electron chi connectivity index (χ1n) is 7.67. The largest absolute Gasteiger partial charge is 0.342 e. The lowest BCUT2D eigenvalue weighted by molar-refractivity contribution is 0.437. The Morgan fingerprint density at radius 1 is 1.00 bits per heavy atom. The molecule has 1 aliphatic rings. The Morgan fingerprint density at radius 2 is 1.80 bits per heavy atom. The maximum Gasteiger partial charge on any atom is 0.0675 e. The lowest BCUT2D eigenvalue weighted by Crippen LogP contribution is -2.06. The summed E-state index contributed by atoms with van der Waals surface area (Å²) in [6.45, 7) is 0. The monoisotopic (exact) mass is 264 g/mol. The van der Waals surface area contributed by atoms with E-state index in [9.17, 15) is 0 Å². The van der Waals surface area contributed by atoms with Gasteiger partial charge >= 0.3 is 0 Å². The molecule has 0 spiro atoms. The van der Waals surface area contributed by atoms with Crippen molar-refractivity contribution in [2.75, 3.05) is 0 Å². The fraction of sp³-hybridized carbons (Fsp3) is 0.389. The van der Waals surface area contributed by atoms with Crippen molar-refractivity contribution in [3.8, 4) is 0 Å². The van der Waals surface area contributed by atoms with E-state index >= 15 is 0 Å². The fourth-order valence-electron chi connectivity index (χ4n) is 3.69. The summed E-state index contributed by atoms with van der Waals surface area (Å²) in [4.78, 5) is 4.77. The summed E-state index contributed by atoms with van der Waals surface area (Å²) in [5.41, 5.74) is 3.84. The number of benzene rings is 1. The van der Waals surface area contributed by atoms with Crippen LogP contribution in [0.25, 0.3) is 21.8 Å². The normalized spacial score (nSPS) is 17.1. The minimum atomic E-state index is 0.673. The number of pyridine rings is 1. The Labute approximate surface area is 119 Å². The van der Waals surface area contributed by atoms with Crippen LogP contribution in [0.15, 0.2) is 36.5 Å². The van der Waals surface area contributed by atoms with Crippen molar-refractivity contribution < 1.29 is 0 Å². The summed E-state index contributed by atoms with van der Waals surface area (Å²) in [5, 5.41) is 2.71. The van der Waals surface area contributed by atoms with E-state index in [0.29, 0.717) is 5.92 Å². The van der Waals surface area contributed by atoms with Crippen LogP contribution in [0, 0.1) is 0 Å². The number of aromatic nitrogens is 2. The molecular formula is C18H20N2. The topological polar surface area (TPSA) is 17.8 Å². The van der Waals surface area contributed by atoms with Gasteiger partial charge in [0, 0.05) is 34.9 Å². The molecule has 2 heteroatoms. The van der Waals surface area contributed by atoms with Gasteiger partial charge in [-0.1, -0.05) is 37.5 Å². The highest BCUT2D eigenvalue weighted by Crippen LogP contribution is 2.34. The molecule has 102 valence electrons. The van der Waals surface area contributed by atoms with Crippen molar-refractivity contribution in [2.45, 2.75) is 38.0 Å². The van der Waals surface area contributed by atoms with E-state index in [1.54, 1.807) is 0 Å². The van der Waals surface area contributed by atoms with Crippen molar-refractivity contribution in [1.29, 1.82) is 0 Å². The number of hydrogen-bond donors (Lipinski definition) is 0.